The molecule has 80 valence electrons. The van der Waals surface area contributed by atoms with E-state index in [0.717, 1.165) is 0 Å². The molecule has 0 bridgehead atoms. The summed E-state index contributed by atoms with van der Waals surface area (Å²) < 4.78 is 3.85. The van der Waals surface area contributed by atoms with Crippen LogP contribution in [0.5, 0.6) is 0 Å². The van der Waals surface area contributed by atoms with Crippen LogP contribution < -0.4 is 16.4 Å². The molecule has 0 aliphatic rings. The van der Waals surface area contributed by atoms with Gasteiger partial charge in [0.05, 0.1) is 7.11 Å². The van der Waals surface area contributed by atoms with Gasteiger partial charge in [-0.1, -0.05) is 7.43 Å². The van der Waals surface area contributed by atoms with Crippen molar-refractivity contribution >= 4 is 6.03 Å². The molecule has 4 N–H and O–H groups in total. The van der Waals surface area contributed by atoms with Gasteiger partial charge in [-0.05, 0) is 7.05 Å². The highest BCUT2D eigenvalue weighted by Crippen LogP contribution is 1.48. The second-order valence-corrected chi connectivity index (χ2v) is 1.12. The van der Waals surface area contributed by atoms with E-state index < -0.39 is 0 Å². The van der Waals surface area contributed by atoms with Gasteiger partial charge < -0.3 is 21.1 Å². The number of nitriles is 1. The Labute approximate surface area is 80.1 Å². The van der Waals surface area contributed by atoms with Gasteiger partial charge in [0.2, 0.25) is 0 Å². The number of nitrogens with one attached hydrogen (secondary N) is 2. The van der Waals surface area contributed by atoms with Crippen LogP contribution in [0, 0.1) is 11.5 Å². The highest BCUT2D eigenvalue weighted by atomic mass is 16.5. The van der Waals surface area contributed by atoms with Gasteiger partial charge in [0.1, 0.15) is 0 Å². The van der Waals surface area contributed by atoms with Crippen molar-refractivity contribution in [1.29, 1.82) is 5.26 Å². The van der Waals surface area contributed by atoms with Crippen LogP contribution in [0.3, 0.4) is 0 Å². The molecule has 0 atom stereocenters. The second kappa shape index (κ2) is 31.3. The minimum atomic E-state index is -0.157. The van der Waals surface area contributed by atoms with Crippen LogP contribution in [0.2, 0.25) is 0 Å². The number of methoxy groups -OCH3 is 1. The van der Waals surface area contributed by atoms with Gasteiger partial charge in [0.15, 0.2) is 0 Å². The number of nitrogens with zero attached hydrogens (tertiary/aromatic N) is 1. The van der Waals surface area contributed by atoms with E-state index in [0.29, 0.717) is 0 Å². The van der Waals surface area contributed by atoms with Gasteiger partial charge in [-0.2, -0.15) is 5.26 Å². The maximum Gasteiger partial charge on any atom is 0.314 e. The lowest BCUT2D eigenvalue weighted by molar-refractivity contribution is 0.245. The first-order chi connectivity index (χ1) is 5.72. The zero-order chi connectivity index (χ0) is 10.4. The molecule has 0 spiro atoms. The Morgan fingerprint density at radius 2 is 1.62 bits per heavy atom. The van der Waals surface area contributed by atoms with Gasteiger partial charge in [0, 0.05) is 14.1 Å². The number of amides is 2. The van der Waals surface area contributed by atoms with Crippen LogP contribution in [0.25, 0.3) is 0 Å². The van der Waals surface area contributed by atoms with Crippen LogP contribution in [-0.4, -0.2) is 34.3 Å². The summed E-state index contributed by atoms with van der Waals surface area (Å²) in [5.41, 5.74) is 4.50. The molecule has 0 aromatic rings. The van der Waals surface area contributed by atoms with Crippen LogP contribution in [0.4, 0.5) is 4.79 Å². The fourth-order valence-electron chi connectivity index (χ4n) is 0.125. The molecule has 13 heavy (non-hydrogen) atoms. The number of urea groups is 1. The van der Waals surface area contributed by atoms with Crippen molar-refractivity contribution in [2.24, 2.45) is 5.73 Å². The first-order valence-electron chi connectivity index (χ1n) is 3.12. The molecular formula is C7H20N4O2. The maximum absolute atomic E-state index is 9.96. The average molecular weight is 192 g/mol. The summed E-state index contributed by atoms with van der Waals surface area (Å²) in [5, 5.41) is 12.1. The van der Waals surface area contributed by atoms with Crippen molar-refractivity contribution in [2.45, 2.75) is 7.43 Å². The summed E-state index contributed by atoms with van der Waals surface area (Å²) >= 11 is 0. The first kappa shape index (κ1) is 22.5. The van der Waals surface area contributed by atoms with Crippen molar-refractivity contribution in [3.8, 4) is 6.26 Å². The number of rotatable bonds is 0. The Kier molecular flexibility index (Phi) is 54.3. The van der Waals surface area contributed by atoms with Gasteiger partial charge in [-0.3, -0.25) is 0 Å². The molecule has 0 aromatic heterocycles. The van der Waals surface area contributed by atoms with E-state index in [-0.39, 0.29) is 13.5 Å². The van der Waals surface area contributed by atoms with Crippen molar-refractivity contribution < 1.29 is 9.53 Å². The minimum Gasteiger partial charge on any atom is -0.431 e. The third kappa shape index (κ3) is 61.6. The fraction of sp³-hybridized carbons (Fsp3) is 0.714. The fourth-order valence-corrected chi connectivity index (χ4v) is 0.125. The van der Waals surface area contributed by atoms with E-state index in [1.54, 1.807) is 14.1 Å². The third-order valence-electron chi connectivity index (χ3n) is 0.545. The van der Waals surface area contributed by atoms with Crippen molar-refractivity contribution in [3.05, 3.63) is 0 Å². The lowest BCUT2D eigenvalue weighted by Gasteiger charge is -1.91. The quantitative estimate of drug-likeness (QED) is 0.465. The highest BCUT2D eigenvalue weighted by molar-refractivity contribution is 5.72. The predicted molar refractivity (Wildman–Crippen MR) is 53.0 cm³/mol. The molecule has 0 radical (unpaired) electrons. The smallest absolute Gasteiger partial charge is 0.314 e. The lowest BCUT2D eigenvalue weighted by atomic mass is 11.0. The lowest BCUT2D eigenvalue weighted by Crippen LogP contribution is -2.28. The largest absolute Gasteiger partial charge is 0.431 e. The number of hydrogen-bond acceptors (Lipinski definition) is 4. The van der Waals surface area contributed by atoms with Gasteiger partial charge in [0.25, 0.3) is 6.26 Å². The zero-order valence-electron chi connectivity index (χ0n) is 7.84. The SMILES string of the molecule is C.CN.CNC(=O)NC.COC#N. The molecule has 0 rings (SSSR count). The Morgan fingerprint density at radius 1 is 1.38 bits per heavy atom. The monoisotopic (exact) mass is 192 g/mol. The Balaban J connectivity index is -0.0000000512. The molecule has 0 saturated carbocycles. The van der Waals surface area contributed by atoms with E-state index in [4.69, 9.17) is 5.26 Å². The van der Waals surface area contributed by atoms with Crippen molar-refractivity contribution in [3.63, 3.8) is 0 Å². The zero-order valence-corrected chi connectivity index (χ0v) is 7.84. The van der Waals surface area contributed by atoms with Crippen molar-refractivity contribution in [2.75, 3.05) is 28.3 Å². The summed E-state index contributed by atoms with van der Waals surface area (Å²) in [6.45, 7) is 0. The van der Waals surface area contributed by atoms with Crippen LogP contribution >= 0.6 is 0 Å². The molecular weight excluding hydrogens is 172 g/mol. The molecule has 0 aromatic carbocycles. The molecule has 0 unspecified atom stereocenters. The summed E-state index contributed by atoms with van der Waals surface area (Å²) in [7, 11) is 5.96. The molecule has 0 aliphatic carbocycles. The summed E-state index contributed by atoms with van der Waals surface area (Å²) in [6.07, 6.45) is 1.43. The third-order valence-corrected chi connectivity index (χ3v) is 0.545. The van der Waals surface area contributed by atoms with Crippen molar-refractivity contribution in [1.82, 2.24) is 10.6 Å². The van der Waals surface area contributed by atoms with Crippen LogP contribution in [0.1, 0.15) is 7.43 Å². The molecule has 2 amide bonds. The van der Waals surface area contributed by atoms with Crippen LogP contribution in [0.15, 0.2) is 0 Å². The molecule has 6 nitrogen and oxygen atoms in total. The maximum atomic E-state index is 9.96. The molecule has 0 saturated heterocycles. The number of hydrogen-bond donors (Lipinski definition) is 3. The number of carbonyl (C=O) groups excluding carboxylic acids is 1. The average Bonchev–Trinajstić information content (AvgIpc) is 2.20. The Morgan fingerprint density at radius 3 is 1.62 bits per heavy atom. The predicted octanol–water partition coefficient (Wildman–Crippen LogP) is -0.130. The summed E-state index contributed by atoms with van der Waals surface area (Å²) in [4.78, 5) is 9.96. The Hall–Kier alpha value is -1.48. The number of nitrogens with two attached hydrogens (primary N) is 1. The molecule has 6 heteroatoms. The van der Waals surface area contributed by atoms with E-state index in [9.17, 15) is 4.79 Å². The standard InChI is InChI=1S/C3H8N2O.C2H3NO.CH5N.CH4/c1-4-3(6)5-2;1-4-2-3;1-2;/h1-2H3,(H2,4,5,6);1H3;2H2,1H3;1H4. The number of carbonyl (C=O) groups is 1. The first-order valence-corrected chi connectivity index (χ1v) is 3.12. The molecule has 0 heterocycles. The topological polar surface area (TPSA) is 100 Å². The molecule has 0 aliphatic heterocycles. The van der Waals surface area contributed by atoms with Gasteiger partial charge in [-0.25, -0.2) is 4.79 Å². The van der Waals surface area contributed by atoms with Gasteiger partial charge >= 0.3 is 6.03 Å². The Bertz CT molecular complexity index is 116. The van der Waals surface area contributed by atoms with E-state index in [1.165, 1.54) is 20.4 Å². The van der Waals surface area contributed by atoms with Gasteiger partial charge in [-0.15, -0.1) is 0 Å². The summed E-state index contributed by atoms with van der Waals surface area (Å²) in [5.74, 6) is 0. The highest BCUT2D eigenvalue weighted by Gasteiger charge is 1.81. The summed E-state index contributed by atoms with van der Waals surface area (Å²) in [6, 6.07) is -0.157. The molecule has 0 fully saturated rings. The normalized spacial score (nSPS) is 4.92. The van der Waals surface area contributed by atoms with E-state index in [1.807, 2.05) is 0 Å². The van der Waals surface area contributed by atoms with Crippen LogP contribution in [-0.2, 0) is 4.74 Å². The number of ether oxygens (including phenoxy) is 1. The van der Waals surface area contributed by atoms with E-state index in [2.05, 4.69) is 21.1 Å². The van der Waals surface area contributed by atoms with E-state index >= 15 is 0 Å². The second-order valence-electron chi connectivity index (χ2n) is 1.12. The minimum absolute atomic E-state index is 0.